The van der Waals surface area contributed by atoms with Gasteiger partial charge in [0.05, 0.1) is 20.6 Å². The number of thiocarbonyl (C=S) groups is 1. The van der Waals surface area contributed by atoms with Gasteiger partial charge in [0, 0.05) is 5.56 Å². The van der Waals surface area contributed by atoms with Crippen molar-refractivity contribution < 1.29 is 19.1 Å². The van der Waals surface area contributed by atoms with Gasteiger partial charge in [-0.1, -0.05) is 12.1 Å². The van der Waals surface area contributed by atoms with Crippen molar-refractivity contribution in [3.05, 3.63) is 59.7 Å². The number of carbonyl (C=O) groups is 2. The molecular formula is C18H19N3O4S. The maximum atomic E-state index is 12.0. The fraction of sp³-hybridized carbons (Fsp3) is 0.167. The molecule has 0 bridgehead atoms. The fourth-order valence-electron chi connectivity index (χ4n) is 2.06. The Bertz CT molecular complexity index is 776. The monoisotopic (exact) mass is 373 g/mol. The molecule has 0 atom stereocenters. The Morgan fingerprint density at radius 2 is 1.42 bits per heavy atom. The average molecular weight is 373 g/mol. The Balaban J connectivity index is 1.77. The van der Waals surface area contributed by atoms with Crippen LogP contribution in [0.15, 0.2) is 48.5 Å². The molecule has 2 aromatic rings. The van der Waals surface area contributed by atoms with Crippen molar-refractivity contribution in [2.45, 2.75) is 6.42 Å². The molecule has 26 heavy (non-hydrogen) atoms. The molecule has 0 aliphatic rings. The molecule has 2 rings (SSSR count). The highest BCUT2D eigenvalue weighted by atomic mass is 32.1. The number of carbonyl (C=O) groups excluding carboxylic acids is 2. The van der Waals surface area contributed by atoms with E-state index in [9.17, 15) is 9.59 Å². The number of benzene rings is 2. The molecule has 8 heteroatoms. The normalized spacial score (nSPS) is 9.77. The van der Waals surface area contributed by atoms with Gasteiger partial charge in [0.15, 0.2) is 5.11 Å². The fourth-order valence-corrected chi connectivity index (χ4v) is 2.22. The van der Waals surface area contributed by atoms with Crippen LogP contribution in [0.1, 0.15) is 15.9 Å². The van der Waals surface area contributed by atoms with Crippen molar-refractivity contribution in [3.63, 3.8) is 0 Å². The summed E-state index contributed by atoms with van der Waals surface area (Å²) in [5.41, 5.74) is 6.15. The van der Waals surface area contributed by atoms with Crippen LogP contribution in [0.25, 0.3) is 0 Å². The number of nitrogens with one attached hydrogen (secondary N) is 3. The Morgan fingerprint density at radius 3 is 1.96 bits per heavy atom. The molecule has 0 spiro atoms. The Kier molecular flexibility index (Phi) is 6.92. The van der Waals surface area contributed by atoms with Crippen LogP contribution >= 0.6 is 12.2 Å². The van der Waals surface area contributed by atoms with Crippen molar-refractivity contribution >= 4 is 29.1 Å². The zero-order valence-corrected chi connectivity index (χ0v) is 15.2. The van der Waals surface area contributed by atoms with Crippen molar-refractivity contribution in [1.29, 1.82) is 0 Å². The van der Waals surface area contributed by atoms with E-state index in [0.717, 1.165) is 5.56 Å². The van der Waals surface area contributed by atoms with Gasteiger partial charge in [-0.05, 0) is 54.2 Å². The zero-order valence-electron chi connectivity index (χ0n) is 14.4. The minimum absolute atomic E-state index is 0.00498. The largest absolute Gasteiger partial charge is 0.497 e. The van der Waals surface area contributed by atoms with Crippen LogP contribution in [0.3, 0.4) is 0 Å². The van der Waals surface area contributed by atoms with Crippen molar-refractivity contribution in [1.82, 2.24) is 16.2 Å². The van der Waals surface area contributed by atoms with E-state index in [1.807, 2.05) is 0 Å². The van der Waals surface area contributed by atoms with Crippen LogP contribution in [-0.4, -0.2) is 31.1 Å². The van der Waals surface area contributed by atoms with Gasteiger partial charge in [-0.25, -0.2) is 0 Å². The second kappa shape index (κ2) is 9.38. The maximum Gasteiger partial charge on any atom is 0.269 e. The maximum absolute atomic E-state index is 12.0. The summed E-state index contributed by atoms with van der Waals surface area (Å²) in [7, 11) is 3.12. The van der Waals surface area contributed by atoms with Crippen molar-refractivity contribution in [2.75, 3.05) is 14.2 Å². The molecular weight excluding hydrogens is 354 g/mol. The number of methoxy groups -OCH3 is 2. The number of hydrogen-bond acceptors (Lipinski definition) is 5. The third kappa shape index (κ3) is 5.75. The van der Waals surface area contributed by atoms with E-state index >= 15 is 0 Å². The van der Waals surface area contributed by atoms with E-state index in [1.54, 1.807) is 62.8 Å². The predicted octanol–water partition coefficient (Wildman–Crippen LogP) is 1.58. The molecule has 0 saturated carbocycles. The molecule has 0 aromatic heterocycles. The highest BCUT2D eigenvalue weighted by Crippen LogP contribution is 2.12. The quantitative estimate of drug-likeness (QED) is 0.545. The molecule has 0 aliphatic heterocycles. The number of rotatable bonds is 5. The third-order valence-corrected chi connectivity index (χ3v) is 3.62. The Morgan fingerprint density at radius 1 is 0.885 bits per heavy atom. The van der Waals surface area contributed by atoms with Gasteiger partial charge in [0.1, 0.15) is 11.5 Å². The molecule has 0 fully saturated rings. The molecule has 7 nitrogen and oxygen atoms in total. The molecule has 2 aromatic carbocycles. The van der Waals surface area contributed by atoms with Gasteiger partial charge >= 0.3 is 0 Å². The van der Waals surface area contributed by atoms with E-state index in [-0.39, 0.29) is 23.3 Å². The molecule has 2 amide bonds. The van der Waals surface area contributed by atoms with Crippen molar-refractivity contribution in [2.24, 2.45) is 0 Å². The summed E-state index contributed by atoms with van der Waals surface area (Å²) in [6, 6.07) is 13.7. The topological polar surface area (TPSA) is 88.7 Å². The Hall–Kier alpha value is -3.13. The van der Waals surface area contributed by atoms with Gasteiger partial charge in [-0.2, -0.15) is 0 Å². The SMILES string of the molecule is COc1ccc(CC(=O)NC(=S)NNC(=O)c2ccc(OC)cc2)cc1. The van der Waals surface area contributed by atoms with Gasteiger partial charge in [0.2, 0.25) is 5.91 Å². The molecule has 0 saturated heterocycles. The molecule has 0 radical (unpaired) electrons. The summed E-state index contributed by atoms with van der Waals surface area (Å²) in [6.45, 7) is 0. The number of amides is 2. The minimum Gasteiger partial charge on any atom is -0.497 e. The summed E-state index contributed by atoms with van der Waals surface area (Å²) < 4.78 is 10.1. The van der Waals surface area contributed by atoms with Gasteiger partial charge in [-0.15, -0.1) is 0 Å². The van der Waals surface area contributed by atoms with E-state index < -0.39 is 0 Å². The lowest BCUT2D eigenvalue weighted by Crippen LogP contribution is -2.48. The van der Waals surface area contributed by atoms with Crippen LogP contribution in [-0.2, 0) is 11.2 Å². The summed E-state index contributed by atoms with van der Waals surface area (Å²) in [6.07, 6.45) is 0.151. The molecule has 136 valence electrons. The van der Waals surface area contributed by atoms with Crippen LogP contribution in [0.5, 0.6) is 11.5 Å². The molecule has 3 N–H and O–H groups in total. The predicted molar refractivity (Wildman–Crippen MR) is 101 cm³/mol. The molecule has 0 heterocycles. The smallest absolute Gasteiger partial charge is 0.269 e. The average Bonchev–Trinajstić information content (AvgIpc) is 2.66. The first kappa shape index (κ1) is 19.2. The second-order valence-electron chi connectivity index (χ2n) is 5.21. The molecule has 0 aliphatic carbocycles. The van der Waals surface area contributed by atoms with E-state index in [1.165, 1.54) is 0 Å². The number of hydrazine groups is 1. The third-order valence-electron chi connectivity index (χ3n) is 3.42. The van der Waals surface area contributed by atoms with Gasteiger partial charge < -0.3 is 14.8 Å². The zero-order chi connectivity index (χ0) is 18.9. The number of ether oxygens (including phenoxy) is 2. The summed E-state index contributed by atoms with van der Waals surface area (Å²) in [5.74, 6) is 0.675. The van der Waals surface area contributed by atoms with Gasteiger partial charge in [0.25, 0.3) is 5.91 Å². The summed E-state index contributed by atoms with van der Waals surface area (Å²) >= 11 is 5.00. The first-order valence-electron chi connectivity index (χ1n) is 7.69. The van der Waals surface area contributed by atoms with Gasteiger partial charge in [-0.3, -0.25) is 20.4 Å². The standard InChI is InChI=1S/C18H19N3O4S/c1-24-14-7-3-12(4-8-14)11-16(22)19-18(26)21-20-17(23)13-5-9-15(25-2)10-6-13/h3-10H,11H2,1-2H3,(H,20,23)(H2,19,21,22,26). The lowest BCUT2D eigenvalue weighted by molar-refractivity contribution is -0.119. The second-order valence-corrected chi connectivity index (χ2v) is 5.62. The molecule has 0 unspecified atom stereocenters. The lowest BCUT2D eigenvalue weighted by Gasteiger charge is -2.11. The van der Waals surface area contributed by atoms with Crippen LogP contribution in [0.2, 0.25) is 0 Å². The van der Waals surface area contributed by atoms with Crippen molar-refractivity contribution in [3.8, 4) is 11.5 Å². The van der Waals surface area contributed by atoms with E-state index in [2.05, 4.69) is 16.2 Å². The van der Waals surface area contributed by atoms with Crippen LogP contribution < -0.4 is 25.6 Å². The van der Waals surface area contributed by atoms with E-state index in [4.69, 9.17) is 21.7 Å². The summed E-state index contributed by atoms with van der Waals surface area (Å²) in [4.78, 5) is 24.0. The van der Waals surface area contributed by atoms with E-state index in [0.29, 0.717) is 17.1 Å². The Labute approximate surface area is 156 Å². The first-order valence-corrected chi connectivity index (χ1v) is 8.10. The lowest BCUT2D eigenvalue weighted by atomic mass is 10.1. The number of hydrogen-bond donors (Lipinski definition) is 3. The highest BCUT2D eigenvalue weighted by molar-refractivity contribution is 7.80. The van der Waals surface area contributed by atoms with Crippen LogP contribution in [0.4, 0.5) is 0 Å². The van der Waals surface area contributed by atoms with Crippen LogP contribution in [0, 0.1) is 0 Å². The summed E-state index contributed by atoms with van der Waals surface area (Å²) in [5, 5.41) is 2.50. The first-order chi connectivity index (χ1) is 12.5. The minimum atomic E-state index is -0.389. The highest BCUT2D eigenvalue weighted by Gasteiger charge is 2.09.